The summed E-state index contributed by atoms with van der Waals surface area (Å²) in [6.45, 7) is 4.18. The van der Waals surface area contributed by atoms with E-state index in [0.717, 1.165) is 63.6 Å². The molecular weight excluding hydrogens is 461 g/mol. The molecule has 3 fully saturated rings. The van der Waals surface area contributed by atoms with Gasteiger partial charge in [-0.1, -0.05) is 0 Å². The fraction of sp³-hybridized carbons (Fsp3) is 0.522. The lowest BCUT2D eigenvalue weighted by Crippen LogP contribution is -2.63. The summed E-state index contributed by atoms with van der Waals surface area (Å²) in [6.07, 6.45) is 1.17. The van der Waals surface area contributed by atoms with E-state index >= 15 is 0 Å². The van der Waals surface area contributed by atoms with Crippen LogP contribution < -0.4 is 15.8 Å². The third-order valence-corrected chi connectivity index (χ3v) is 7.44. The summed E-state index contributed by atoms with van der Waals surface area (Å²) in [5, 5.41) is 9.84. The van der Waals surface area contributed by atoms with E-state index in [1.54, 1.807) is 6.20 Å². The largest absolute Gasteiger partial charge is 0.417 e. The normalized spacial score (nSPS) is 26.4. The predicted molar refractivity (Wildman–Crippen MR) is 122 cm³/mol. The minimum absolute atomic E-state index is 0.203. The average Bonchev–Trinajstić information content (AvgIpc) is 3.51. The van der Waals surface area contributed by atoms with Crippen LogP contribution in [0.3, 0.4) is 0 Å². The molecule has 12 heteroatoms. The number of alkyl halides is 3. The van der Waals surface area contributed by atoms with E-state index in [4.69, 9.17) is 4.98 Å². The molecular formula is C23H27F3N8O. The molecule has 0 aromatic carbocycles. The Morgan fingerprint density at radius 3 is 2.57 bits per heavy atom. The maximum Gasteiger partial charge on any atom is 0.417 e. The number of imidazole rings is 1. The van der Waals surface area contributed by atoms with Crippen LogP contribution >= 0.6 is 0 Å². The smallest absolute Gasteiger partial charge is 0.393 e. The number of aliphatic hydroxyl groups excluding tert-OH is 1. The first-order valence-electron chi connectivity index (χ1n) is 11.9. The monoisotopic (exact) mass is 488 g/mol. The van der Waals surface area contributed by atoms with Gasteiger partial charge in [-0.3, -0.25) is 20.2 Å². The van der Waals surface area contributed by atoms with Crippen molar-refractivity contribution in [2.24, 2.45) is 5.92 Å². The molecule has 2 aliphatic heterocycles. The van der Waals surface area contributed by atoms with Gasteiger partial charge in [0.2, 0.25) is 0 Å². The van der Waals surface area contributed by atoms with Crippen LogP contribution in [0.5, 0.6) is 0 Å². The van der Waals surface area contributed by atoms with Gasteiger partial charge in [-0.2, -0.15) is 13.2 Å². The number of rotatable bonds is 4. The van der Waals surface area contributed by atoms with Gasteiger partial charge >= 0.3 is 6.18 Å². The summed E-state index contributed by atoms with van der Waals surface area (Å²) < 4.78 is 41.2. The van der Waals surface area contributed by atoms with Crippen molar-refractivity contribution in [1.82, 2.24) is 35.1 Å². The molecule has 3 N–H and O–H groups in total. The molecule has 6 rings (SSSR count). The van der Waals surface area contributed by atoms with Gasteiger partial charge in [-0.15, -0.1) is 0 Å². The number of nitrogens with zero attached hydrogens (tertiary/aromatic N) is 6. The Bertz CT molecular complexity index is 1200. The average molecular weight is 489 g/mol. The minimum atomic E-state index is -4.45. The van der Waals surface area contributed by atoms with Gasteiger partial charge < -0.3 is 10.0 Å². The lowest BCUT2D eigenvalue weighted by atomic mass is 9.84. The number of aliphatic hydroxyl groups is 1. The zero-order valence-electron chi connectivity index (χ0n) is 19.0. The first-order chi connectivity index (χ1) is 16.9. The first-order valence-corrected chi connectivity index (χ1v) is 11.9. The first kappa shape index (κ1) is 22.7. The predicted octanol–water partition coefficient (Wildman–Crippen LogP) is 1.55. The summed E-state index contributed by atoms with van der Waals surface area (Å²) in [5.41, 5.74) is 6.52. The SMILES string of the molecule is OC1CC(N2CCN(c3ccnc(-c4cnc5ccc(C(F)(F)F)cn45)n3)CC2C2CNNC2)C1. The highest BCUT2D eigenvalue weighted by Crippen LogP contribution is 2.33. The summed E-state index contributed by atoms with van der Waals surface area (Å²) >= 11 is 0. The van der Waals surface area contributed by atoms with Gasteiger partial charge in [0.05, 0.1) is 17.9 Å². The van der Waals surface area contributed by atoms with Gasteiger partial charge in [0.25, 0.3) is 0 Å². The van der Waals surface area contributed by atoms with Gasteiger partial charge in [0.1, 0.15) is 17.2 Å². The van der Waals surface area contributed by atoms with E-state index in [1.807, 2.05) is 6.07 Å². The van der Waals surface area contributed by atoms with Crippen molar-refractivity contribution in [3.63, 3.8) is 0 Å². The van der Waals surface area contributed by atoms with Crippen LogP contribution in [0.2, 0.25) is 0 Å². The standard InChI is InChI=1S/C23H27F3N8O/c24-23(25,26)15-1-2-20-28-11-18(34(20)12-15)22-27-4-3-21(31-22)32-5-6-33(16-7-17(35)8-16)19(13-32)14-9-29-30-10-14/h1-4,11-12,14,16-17,19,29-30,35H,5-10,13H2. The van der Waals surface area contributed by atoms with Crippen LogP contribution in [0.25, 0.3) is 17.2 Å². The number of anilines is 1. The highest BCUT2D eigenvalue weighted by atomic mass is 19.4. The second-order valence-electron chi connectivity index (χ2n) is 9.58. The molecule has 3 aromatic heterocycles. The molecule has 2 saturated heterocycles. The summed E-state index contributed by atoms with van der Waals surface area (Å²) in [7, 11) is 0. The molecule has 5 heterocycles. The summed E-state index contributed by atoms with van der Waals surface area (Å²) in [4.78, 5) is 18.1. The third kappa shape index (κ3) is 4.24. The molecule has 1 aliphatic carbocycles. The molecule has 3 aliphatic rings. The molecule has 35 heavy (non-hydrogen) atoms. The topological polar surface area (TPSA) is 93.9 Å². The van der Waals surface area contributed by atoms with Gasteiger partial charge in [0.15, 0.2) is 5.82 Å². The Kier molecular flexibility index (Phi) is 5.63. The molecule has 0 spiro atoms. The van der Waals surface area contributed by atoms with Crippen molar-refractivity contribution >= 4 is 11.5 Å². The molecule has 0 amide bonds. The van der Waals surface area contributed by atoms with Crippen molar-refractivity contribution in [1.29, 1.82) is 0 Å². The number of piperazine rings is 1. The molecule has 1 atom stereocenters. The molecule has 0 bridgehead atoms. The van der Waals surface area contributed by atoms with Gasteiger partial charge in [0, 0.05) is 63.1 Å². The highest BCUT2D eigenvalue weighted by Gasteiger charge is 2.42. The maximum atomic E-state index is 13.3. The highest BCUT2D eigenvalue weighted by molar-refractivity contribution is 5.59. The molecule has 1 saturated carbocycles. The number of fused-ring (bicyclic) bond motifs is 1. The number of hydrogen-bond acceptors (Lipinski definition) is 8. The van der Waals surface area contributed by atoms with Crippen LogP contribution in [0.4, 0.5) is 19.0 Å². The summed E-state index contributed by atoms with van der Waals surface area (Å²) in [5.74, 6) is 1.50. The van der Waals surface area contributed by atoms with E-state index in [1.165, 1.54) is 16.7 Å². The van der Waals surface area contributed by atoms with Crippen molar-refractivity contribution in [2.75, 3.05) is 37.6 Å². The Balaban J connectivity index is 1.28. The fourth-order valence-corrected chi connectivity index (χ4v) is 5.45. The van der Waals surface area contributed by atoms with Crippen LogP contribution in [0.1, 0.15) is 18.4 Å². The maximum absolute atomic E-state index is 13.3. The molecule has 186 valence electrons. The fourth-order valence-electron chi connectivity index (χ4n) is 5.45. The van der Waals surface area contributed by atoms with E-state index in [0.29, 0.717) is 35.2 Å². The minimum Gasteiger partial charge on any atom is -0.393 e. The van der Waals surface area contributed by atoms with Crippen LogP contribution in [-0.2, 0) is 6.18 Å². The Labute approximate surface area is 200 Å². The van der Waals surface area contributed by atoms with Crippen LogP contribution in [0.15, 0.2) is 36.8 Å². The molecule has 1 unspecified atom stereocenters. The van der Waals surface area contributed by atoms with Crippen LogP contribution in [0, 0.1) is 5.92 Å². The number of aromatic nitrogens is 4. The Hall–Kier alpha value is -2.80. The Morgan fingerprint density at radius 1 is 1.03 bits per heavy atom. The van der Waals surface area contributed by atoms with Crippen molar-refractivity contribution in [3.8, 4) is 11.5 Å². The number of hydrazine groups is 1. The number of hydrogen-bond donors (Lipinski definition) is 3. The zero-order valence-corrected chi connectivity index (χ0v) is 19.0. The lowest BCUT2D eigenvalue weighted by Gasteiger charge is -2.51. The van der Waals surface area contributed by atoms with E-state index in [9.17, 15) is 18.3 Å². The van der Waals surface area contributed by atoms with E-state index < -0.39 is 11.7 Å². The van der Waals surface area contributed by atoms with Gasteiger partial charge in [-0.05, 0) is 31.0 Å². The second kappa shape index (κ2) is 8.70. The zero-order chi connectivity index (χ0) is 24.2. The quantitative estimate of drug-likeness (QED) is 0.510. The lowest BCUT2D eigenvalue weighted by molar-refractivity contribution is -0.137. The second-order valence-corrected chi connectivity index (χ2v) is 9.58. The Morgan fingerprint density at radius 2 is 1.83 bits per heavy atom. The van der Waals surface area contributed by atoms with Crippen LogP contribution in [-0.4, -0.2) is 80.3 Å². The van der Waals surface area contributed by atoms with Gasteiger partial charge in [-0.25, -0.2) is 15.0 Å². The van der Waals surface area contributed by atoms with Crippen molar-refractivity contribution in [3.05, 3.63) is 42.4 Å². The van der Waals surface area contributed by atoms with E-state index in [2.05, 4.69) is 30.6 Å². The van der Waals surface area contributed by atoms with Crippen molar-refractivity contribution < 1.29 is 18.3 Å². The number of pyridine rings is 1. The third-order valence-electron chi connectivity index (χ3n) is 7.44. The summed E-state index contributed by atoms with van der Waals surface area (Å²) in [6, 6.07) is 4.92. The van der Waals surface area contributed by atoms with E-state index in [-0.39, 0.29) is 6.10 Å². The molecule has 0 radical (unpaired) electrons. The molecule has 3 aromatic rings. The van der Waals surface area contributed by atoms with Crippen molar-refractivity contribution in [2.45, 2.75) is 37.2 Å². The molecule has 9 nitrogen and oxygen atoms in total. The number of halogens is 3. The number of nitrogens with one attached hydrogen (secondary N) is 2.